The van der Waals surface area contributed by atoms with E-state index < -0.39 is 0 Å². The smallest absolute Gasteiger partial charge is 0.0830 e. The van der Waals surface area contributed by atoms with Gasteiger partial charge in [0.05, 0.1) is 12.7 Å². The Morgan fingerprint density at radius 3 is 2.62 bits per heavy atom. The summed E-state index contributed by atoms with van der Waals surface area (Å²) in [4.78, 5) is 0. The fourth-order valence-electron chi connectivity index (χ4n) is 2.27. The molecule has 0 spiro atoms. The van der Waals surface area contributed by atoms with Gasteiger partial charge in [0, 0.05) is 13.2 Å². The van der Waals surface area contributed by atoms with Gasteiger partial charge < -0.3 is 9.47 Å². The molecule has 2 aliphatic rings. The molecule has 76 valence electrons. The van der Waals surface area contributed by atoms with Gasteiger partial charge in [-0.25, -0.2) is 0 Å². The van der Waals surface area contributed by atoms with Gasteiger partial charge in [0.15, 0.2) is 0 Å². The van der Waals surface area contributed by atoms with Gasteiger partial charge in [-0.15, -0.1) is 0 Å². The van der Waals surface area contributed by atoms with Crippen molar-refractivity contribution in [3.8, 4) is 0 Å². The van der Waals surface area contributed by atoms with Crippen LogP contribution in [0, 0.1) is 5.92 Å². The third kappa shape index (κ3) is 2.96. The van der Waals surface area contributed by atoms with Crippen LogP contribution in [0.5, 0.6) is 0 Å². The lowest BCUT2D eigenvalue weighted by Crippen LogP contribution is -2.20. The van der Waals surface area contributed by atoms with Gasteiger partial charge in [0.2, 0.25) is 0 Å². The molecule has 1 saturated carbocycles. The summed E-state index contributed by atoms with van der Waals surface area (Å²) >= 11 is 0. The van der Waals surface area contributed by atoms with Crippen LogP contribution in [0.15, 0.2) is 0 Å². The van der Waals surface area contributed by atoms with Gasteiger partial charge in [-0.3, -0.25) is 0 Å². The molecule has 1 saturated heterocycles. The quantitative estimate of drug-likeness (QED) is 0.670. The molecule has 0 N–H and O–H groups in total. The zero-order chi connectivity index (χ0) is 8.93. The average molecular weight is 184 g/mol. The molecular weight excluding hydrogens is 164 g/mol. The Kier molecular flexibility index (Phi) is 3.62. The third-order valence-electron chi connectivity index (χ3n) is 3.18. The molecule has 0 bridgehead atoms. The first-order chi connectivity index (χ1) is 6.45. The van der Waals surface area contributed by atoms with Crippen molar-refractivity contribution < 1.29 is 9.47 Å². The molecule has 0 radical (unpaired) electrons. The van der Waals surface area contributed by atoms with Gasteiger partial charge in [-0.05, 0) is 25.2 Å². The van der Waals surface area contributed by atoms with E-state index in [-0.39, 0.29) is 0 Å². The summed E-state index contributed by atoms with van der Waals surface area (Å²) in [5.74, 6) is 0.842. The highest BCUT2D eigenvalue weighted by Crippen LogP contribution is 2.24. The van der Waals surface area contributed by atoms with Crippen molar-refractivity contribution in [2.24, 2.45) is 5.92 Å². The number of hydrogen-bond donors (Lipinski definition) is 0. The third-order valence-corrected chi connectivity index (χ3v) is 3.18. The molecule has 0 aromatic heterocycles. The van der Waals surface area contributed by atoms with Crippen molar-refractivity contribution in [3.05, 3.63) is 0 Å². The van der Waals surface area contributed by atoms with E-state index in [1.165, 1.54) is 32.1 Å². The Morgan fingerprint density at radius 1 is 1.08 bits per heavy atom. The molecule has 0 amide bonds. The first-order valence-corrected chi connectivity index (χ1v) is 5.64. The van der Waals surface area contributed by atoms with E-state index in [1.807, 2.05) is 0 Å². The minimum atomic E-state index is 0.405. The standard InChI is InChI=1S/C11H20O2/c1-2-4-10(5-3-1)8-13-11-6-7-12-9-11/h10-11H,1-9H2/t11-/m0/s1. The predicted molar refractivity (Wildman–Crippen MR) is 51.8 cm³/mol. The SMILES string of the molecule is C1CCC(CO[C@H]2CCOC2)CC1. The fourth-order valence-corrected chi connectivity index (χ4v) is 2.27. The van der Waals surface area contributed by atoms with E-state index in [0.29, 0.717) is 6.10 Å². The lowest BCUT2D eigenvalue weighted by molar-refractivity contribution is 0.0148. The summed E-state index contributed by atoms with van der Waals surface area (Å²) in [5, 5.41) is 0. The van der Waals surface area contributed by atoms with E-state index in [4.69, 9.17) is 9.47 Å². The molecule has 1 aliphatic heterocycles. The minimum Gasteiger partial charge on any atom is -0.379 e. The zero-order valence-corrected chi connectivity index (χ0v) is 8.34. The monoisotopic (exact) mass is 184 g/mol. The highest BCUT2D eigenvalue weighted by atomic mass is 16.5. The molecule has 0 aromatic carbocycles. The maximum Gasteiger partial charge on any atom is 0.0830 e. The first kappa shape index (κ1) is 9.47. The van der Waals surface area contributed by atoms with E-state index in [9.17, 15) is 0 Å². The van der Waals surface area contributed by atoms with Crippen LogP contribution in [0.25, 0.3) is 0 Å². The Bertz CT molecular complexity index is 135. The van der Waals surface area contributed by atoms with Crippen LogP contribution in [0.1, 0.15) is 38.5 Å². The van der Waals surface area contributed by atoms with Crippen molar-refractivity contribution >= 4 is 0 Å². The predicted octanol–water partition coefficient (Wildman–Crippen LogP) is 2.37. The molecule has 2 fully saturated rings. The average Bonchev–Trinajstić information content (AvgIpc) is 2.69. The molecule has 1 heterocycles. The molecule has 2 nitrogen and oxygen atoms in total. The summed E-state index contributed by atoms with van der Waals surface area (Å²) < 4.78 is 11.1. The summed E-state index contributed by atoms with van der Waals surface area (Å²) in [7, 11) is 0. The summed E-state index contributed by atoms with van der Waals surface area (Å²) in [5.41, 5.74) is 0. The minimum absolute atomic E-state index is 0.405. The fraction of sp³-hybridized carbons (Fsp3) is 1.00. The largest absolute Gasteiger partial charge is 0.379 e. The van der Waals surface area contributed by atoms with Crippen molar-refractivity contribution in [1.82, 2.24) is 0 Å². The van der Waals surface area contributed by atoms with Gasteiger partial charge >= 0.3 is 0 Å². The van der Waals surface area contributed by atoms with E-state index in [0.717, 1.165) is 32.2 Å². The van der Waals surface area contributed by atoms with Crippen LogP contribution in [-0.2, 0) is 9.47 Å². The van der Waals surface area contributed by atoms with Crippen molar-refractivity contribution in [3.63, 3.8) is 0 Å². The molecule has 0 aromatic rings. The Hall–Kier alpha value is -0.0800. The number of hydrogen-bond acceptors (Lipinski definition) is 2. The Balaban J connectivity index is 1.60. The molecule has 1 atom stereocenters. The molecular formula is C11H20O2. The summed E-state index contributed by atoms with van der Waals surface area (Å²) in [6.07, 6.45) is 8.53. The van der Waals surface area contributed by atoms with Crippen molar-refractivity contribution in [1.29, 1.82) is 0 Å². The van der Waals surface area contributed by atoms with Gasteiger partial charge in [0.25, 0.3) is 0 Å². The van der Waals surface area contributed by atoms with Crippen LogP contribution in [0.4, 0.5) is 0 Å². The van der Waals surface area contributed by atoms with Gasteiger partial charge in [0.1, 0.15) is 0 Å². The Labute approximate surface area is 80.6 Å². The number of ether oxygens (including phenoxy) is 2. The van der Waals surface area contributed by atoms with E-state index >= 15 is 0 Å². The van der Waals surface area contributed by atoms with Crippen molar-refractivity contribution in [2.75, 3.05) is 19.8 Å². The molecule has 2 heteroatoms. The second-order valence-corrected chi connectivity index (χ2v) is 4.32. The number of rotatable bonds is 3. The summed E-state index contributed by atoms with van der Waals surface area (Å²) in [6, 6.07) is 0. The van der Waals surface area contributed by atoms with Gasteiger partial charge in [-0.1, -0.05) is 19.3 Å². The van der Waals surface area contributed by atoms with E-state index in [1.54, 1.807) is 0 Å². The second kappa shape index (κ2) is 4.97. The van der Waals surface area contributed by atoms with Crippen LogP contribution in [0.3, 0.4) is 0 Å². The zero-order valence-electron chi connectivity index (χ0n) is 8.34. The summed E-state index contributed by atoms with van der Waals surface area (Å²) in [6.45, 7) is 2.70. The molecule has 13 heavy (non-hydrogen) atoms. The van der Waals surface area contributed by atoms with E-state index in [2.05, 4.69) is 0 Å². The normalized spacial score (nSPS) is 30.9. The van der Waals surface area contributed by atoms with Crippen LogP contribution in [0.2, 0.25) is 0 Å². The lowest BCUT2D eigenvalue weighted by atomic mass is 9.90. The highest BCUT2D eigenvalue weighted by Gasteiger charge is 2.19. The van der Waals surface area contributed by atoms with Crippen LogP contribution < -0.4 is 0 Å². The first-order valence-electron chi connectivity index (χ1n) is 5.64. The maximum atomic E-state index is 5.82. The van der Waals surface area contributed by atoms with Gasteiger partial charge in [-0.2, -0.15) is 0 Å². The molecule has 0 unspecified atom stereocenters. The van der Waals surface area contributed by atoms with Crippen molar-refractivity contribution in [2.45, 2.75) is 44.6 Å². The maximum absolute atomic E-state index is 5.82. The topological polar surface area (TPSA) is 18.5 Å². The lowest BCUT2D eigenvalue weighted by Gasteiger charge is -2.22. The Morgan fingerprint density at radius 2 is 1.92 bits per heavy atom. The van der Waals surface area contributed by atoms with Crippen LogP contribution >= 0.6 is 0 Å². The van der Waals surface area contributed by atoms with Crippen LogP contribution in [-0.4, -0.2) is 25.9 Å². The molecule has 1 aliphatic carbocycles. The second-order valence-electron chi connectivity index (χ2n) is 4.32. The molecule has 2 rings (SSSR count). The highest BCUT2D eigenvalue weighted by molar-refractivity contribution is 4.68.